The van der Waals surface area contributed by atoms with E-state index in [1.54, 1.807) is 12.1 Å². The van der Waals surface area contributed by atoms with Crippen molar-refractivity contribution in [2.45, 2.75) is 25.1 Å². The zero-order valence-electron chi connectivity index (χ0n) is 8.44. The molecule has 0 bridgehead atoms. The van der Waals surface area contributed by atoms with Gasteiger partial charge in [0.15, 0.2) is 0 Å². The van der Waals surface area contributed by atoms with E-state index in [9.17, 15) is 0 Å². The van der Waals surface area contributed by atoms with Gasteiger partial charge in [0.05, 0.1) is 0 Å². The van der Waals surface area contributed by atoms with Crippen LogP contribution in [-0.4, -0.2) is 16.9 Å². The van der Waals surface area contributed by atoms with E-state index in [0.29, 0.717) is 11.8 Å². The van der Waals surface area contributed by atoms with E-state index in [4.69, 9.17) is 10.8 Å². The standard InChI is InChI=1S/C11H17NOS/c1-9(12)6-7-14-8-10-2-4-11(13)5-3-10/h2-5,9,13H,6-8,12H2,1H3. The minimum atomic E-state index is 0.294. The second-order valence-electron chi connectivity index (χ2n) is 3.48. The Morgan fingerprint density at radius 3 is 2.57 bits per heavy atom. The Balaban J connectivity index is 2.21. The summed E-state index contributed by atoms with van der Waals surface area (Å²) in [6, 6.07) is 7.65. The minimum absolute atomic E-state index is 0.294. The van der Waals surface area contributed by atoms with E-state index < -0.39 is 0 Å². The van der Waals surface area contributed by atoms with Crippen LogP contribution in [0.1, 0.15) is 18.9 Å². The van der Waals surface area contributed by atoms with Gasteiger partial charge in [-0.15, -0.1) is 0 Å². The fourth-order valence-electron chi connectivity index (χ4n) is 1.05. The summed E-state index contributed by atoms with van der Waals surface area (Å²) in [5.74, 6) is 2.42. The fraction of sp³-hybridized carbons (Fsp3) is 0.455. The molecular formula is C11H17NOS. The van der Waals surface area contributed by atoms with Gasteiger partial charge in [-0.05, 0) is 36.8 Å². The van der Waals surface area contributed by atoms with Crippen LogP contribution in [0, 0.1) is 0 Å². The Labute approximate surface area is 89.5 Å². The van der Waals surface area contributed by atoms with Gasteiger partial charge in [-0.1, -0.05) is 12.1 Å². The molecule has 1 atom stereocenters. The van der Waals surface area contributed by atoms with E-state index in [0.717, 1.165) is 17.9 Å². The highest BCUT2D eigenvalue weighted by molar-refractivity contribution is 7.98. The van der Waals surface area contributed by atoms with Crippen molar-refractivity contribution in [3.05, 3.63) is 29.8 Å². The van der Waals surface area contributed by atoms with Gasteiger partial charge in [0.2, 0.25) is 0 Å². The molecule has 0 heterocycles. The normalized spacial score (nSPS) is 12.7. The predicted molar refractivity (Wildman–Crippen MR) is 62.5 cm³/mol. The number of benzene rings is 1. The van der Waals surface area contributed by atoms with Crippen molar-refractivity contribution in [3.8, 4) is 5.75 Å². The summed E-state index contributed by atoms with van der Waals surface area (Å²) in [6.45, 7) is 2.03. The van der Waals surface area contributed by atoms with Crippen LogP contribution in [0.3, 0.4) is 0 Å². The highest BCUT2D eigenvalue weighted by Crippen LogP contribution is 2.16. The van der Waals surface area contributed by atoms with Crippen molar-refractivity contribution in [1.29, 1.82) is 0 Å². The average molecular weight is 211 g/mol. The number of phenolic OH excluding ortho intramolecular Hbond substituents is 1. The van der Waals surface area contributed by atoms with Crippen molar-refractivity contribution in [2.75, 3.05) is 5.75 Å². The van der Waals surface area contributed by atoms with E-state index in [1.807, 2.05) is 30.8 Å². The molecular weight excluding hydrogens is 194 g/mol. The lowest BCUT2D eigenvalue weighted by molar-refractivity contribution is 0.475. The van der Waals surface area contributed by atoms with Crippen LogP contribution in [0.2, 0.25) is 0 Å². The largest absolute Gasteiger partial charge is 0.508 e. The van der Waals surface area contributed by atoms with Crippen LogP contribution < -0.4 is 5.73 Å². The summed E-state index contributed by atoms with van der Waals surface area (Å²) in [7, 11) is 0. The van der Waals surface area contributed by atoms with Crippen molar-refractivity contribution >= 4 is 11.8 Å². The van der Waals surface area contributed by atoms with E-state index in [2.05, 4.69) is 0 Å². The zero-order chi connectivity index (χ0) is 10.4. The van der Waals surface area contributed by atoms with E-state index in [-0.39, 0.29) is 0 Å². The maximum atomic E-state index is 9.08. The third-order valence-electron chi connectivity index (χ3n) is 1.92. The third-order valence-corrected chi connectivity index (χ3v) is 2.98. The topological polar surface area (TPSA) is 46.2 Å². The van der Waals surface area contributed by atoms with Crippen LogP contribution >= 0.6 is 11.8 Å². The SMILES string of the molecule is CC(N)CCSCc1ccc(O)cc1. The Hall–Kier alpha value is -0.670. The van der Waals surface area contributed by atoms with Gasteiger partial charge in [-0.2, -0.15) is 11.8 Å². The van der Waals surface area contributed by atoms with Crippen molar-refractivity contribution in [3.63, 3.8) is 0 Å². The molecule has 0 aliphatic heterocycles. The molecule has 0 saturated carbocycles. The molecule has 3 heteroatoms. The second-order valence-corrected chi connectivity index (χ2v) is 4.59. The monoisotopic (exact) mass is 211 g/mol. The van der Waals surface area contributed by atoms with Crippen LogP contribution in [0.4, 0.5) is 0 Å². The number of hydrogen-bond acceptors (Lipinski definition) is 3. The maximum Gasteiger partial charge on any atom is 0.115 e. The average Bonchev–Trinajstić information content (AvgIpc) is 2.15. The number of rotatable bonds is 5. The number of nitrogens with two attached hydrogens (primary N) is 1. The second kappa shape index (κ2) is 5.94. The maximum absolute atomic E-state index is 9.08. The number of aromatic hydroxyl groups is 1. The smallest absolute Gasteiger partial charge is 0.115 e. The fourth-order valence-corrected chi connectivity index (χ4v) is 2.16. The molecule has 0 aromatic heterocycles. The molecule has 1 rings (SSSR count). The first-order valence-corrected chi connectivity index (χ1v) is 5.95. The van der Waals surface area contributed by atoms with Gasteiger partial charge in [0.25, 0.3) is 0 Å². The molecule has 0 aliphatic carbocycles. The van der Waals surface area contributed by atoms with Gasteiger partial charge in [-0.25, -0.2) is 0 Å². The van der Waals surface area contributed by atoms with Crippen LogP contribution in [0.5, 0.6) is 5.75 Å². The van der Waals surface area contributed by atoms with Crippen molar-refractivity contribution in [1.82, 2.24) is 0 Å². The Bertz CT molecular complexity index is 258. The Morgan fingerprint density at radius 1 is 1.36 bits per heavy atom. The molecule has 0 radical (unpaired) electrons. The molecule has 78 valence electrons. The third kappa shape index (κ3) is 4.53. The van der Waals surface area contributed by atoms with Crippen LogP contribution in [0.25, 0.3) is 0 Å². The molecule has 1 aromatic rings. The lowest BCUT2D eigenvalue weighted by Crippen LogP contribution is -2.15. The highest BCUT2D eigenvalue weighted by atomic mass is 32.2. The van der Waals surface area contributed by atoms with E-state index >= 15 is 0 Å². The first-order chi connectivity index (χ1) is 6.68. The molecule has 2 nitrogen and oxygen atoms in total. The Morgan fingerprint density at radius 2 is 2.00 bits per heavy atom. The molecule has 14 heavy (non-hydrogen) atoms. The lowest BCUT2D eigenvalue weighted by atomic mass is 10.2. The number of hydrogen-bond donors (Lipinski definition) is 2. The van der Waals surface area contributed by atoms with Gasteiger partial charge in [0, 0.05) is 11.8 Å². The number of phenols is 1. The highest BCUT2D eigenvalue weighted by Gasteiger charge is 1.96. The molecule has 1 aromatic carbocycles. The molecule has 0 saturated heterocycles. The quantitative estimate of drug-likeness (QED) is 0.735. The van der Waals surface area contributed by atoms with Gasteiger partial charge in [-0.3, -0.25) is 0 Å². The van der Waals surface area contributed by atoms with Crippen molar-refractivity contribution in [2.24, 2.45) is 5.73 Å². The predicted octanol–water partition coefficient (Wildman–Crippen LogP) is 2.36. The summed E-state index contributed by atoms with van der Waals surface area (Å²) in [5.41, 5.74) is 6.89. The summed E-state index contributed by atoms with van der Waals surface area (Å²) >= 11 is 1.88. The van der Waals surface area contributed by atoms with Crippen molar-refractivity contribution < 1.29 is 5.11 Å². The molecule has 0 spiro atoms. The minimum Gasteiger partial charge on any atom is -0.508 e. The summed E-state index contributed by atoms with van der Waals surface area (Å²) < 4.78 is 0. The zero-order valence-corrected chi connectivity index (χ0v) is 9.26. The summed E-state index contributed by atoms with van der Waals surface area (Å²) in [6.07, 6.45) is 1.06. The molecule has 3 N–H and O–H groups in total. The first kappa shape index (κ1) is 11.4. The number of thioether (sulfide) groups is 1. The molecule has 0 aliphatic rings. The van der Waals surface area contributed by atoms with Gasteiger partial charge < -0.3 is 10.8 Å². The lowest BCUT2D eigenvalue weighted by Gasteiger charge is -2.04. The van der Waals surface area contributed by atoms with Gasteiger partial charge in [0.1, 0.15) is 5.75 Å². The van der Waals surface area contributed by atoms with Gasteiger partial charge >= 0.3 is 0 Å². The summed E-state index contributed by atoms with van der Waals surface area (Å²) in [5, 5.41) is 9.08. The molecule has 0 amide bonds. The summed E-state index contributed by atoms with van der Waals surface area (Å²) in [4.78, 5) is 0. The molecule has 1 unspecified atom stereocenters. The first-order valence-electron chi connectivity index (χ1n) is 4.79. The van der Waals surface area contributed by atoms with Crippen LogP contribution in [-0.2, 0) is 5.75 Å². The Kier molecular flexibility index (Phi) is 4.84. The van der Waals surface area contributed by atoms with Crippen LogP contribution in [0.15, 0.2) is 24.3 Å². The van der Waals surface area contributed by atoms with E-state index in [1.165, 1.54) is 5.56 Å². The molecule has 0 fully saturated rings.